The van der Waals surface area contributed by atoms with Crippen LogP contribution in [0.3, 0.4) is 0 Å². The van der Waals surface area contributed by atoms with Crippen LogP contribution < -0.4 is 0 Å². The minimum Gasteiger partial charge on any atom is -0.341 e. The summed E-state index contributed by atoms with van der Waals surface area (Å²) in [5.41, 5.74) is 1.19. The Balaban J connectivity index is 1.28. The molecule has 1 atom stereocenters. The van der Waals surface area contributed by atoms with Gasteiger partial charge in [0.1, 0.15) is 0 Å². The third-order valence-electron chi connectivity index (χ3n) is 7.00. The van der Waals surface area contributed by atoms with E-state index >= 15 is 0 Å². The van der Waals surface area contributed by atoms with Gasteiger partial charge in [-0.2, -0.15) is 0 Å². The summed E-state index contributed by atoms with van der Waals surface area (Å²) in [6.45, 7) is 4.90. The normalized spacial score (nSPS) is 24.7. The largest absolute Gasteiger partial charge is 0.341 e. The highest BCUT2D eigenvalue weighted by atomic mass is 16.2. The van der Waals surface area contributed by atoms with Crippen LogP contribution >= 0.6 is 0 Å². The molecule has 158 valence electrons. The van der Waals surface area contributed by atoms with E-state index in [1.54, 1.807) is 0 Å². The highest BCUT2D eigenvalue weighted by Crippen LogP contribution is 2.27. The first-order valence-corrected chi connectivity index (χ1v) is 11.6. The van der Waals surface area contributed by atoms with Gasteiger partial charge in [-0.25, -0.2) is 0 Å². The topological polar surface area (TPSA) is 43.9 Å². The van der Waals surface area contributed by atoms with E-state index in [4.69, 9.17) is 0 Å². The quantitative estimate of drug-likeness (QED) is 0.766. The molecule has 1 aromatic carbocycles. The van der Waals surface area contributed by atoms with Gasteiger partial charge in [0.2, 0.25) is 11.8 Å². The predicted octanol–water partition coefficient (Wildman–Crippen LogP) is 3.29. The molecule has 0 bridgehead atoms. The fourth-order valence-electron chi connectivity index (χ4n) is 5.29. The monoisotopic (exact) mass is 397 g/mol. The van der Waals surface area contributed by atoms with Crippen molar-refractivity contribution in [3.05, 3.63) is 35.9 Å². The first kappa shape index (κ1) is 20.4. The smallest absolute Gasteiger partial charge is 0.240 e. The second-order valence-corrected chi connectivity index (χ2v) is 9.03. The molecule has 29 heavy (non-hydrogen) atoms. The molecular formula is C24H35N3O2. The fourth-order valence-corrected chi connectivity index (χ4v) is 5.29. The van der Waals surface area contributed by atoms with Crippen LogP contribution in [-0.2, 0) is 16.1 Å². The lowest BCUT2D eigenvalue weighted by atomic mass is 9.86. The van der Waals surface area contributed by atoms with Crippen molar-refractivity contribution in [1.82, 2.24) is 14.7 Å². The Morgan fingerprint density at radius 1 is 0.862 bits per heavy atom. The molecule has 0 aromatic heterocycles. The van der Waals surface area contributed by atoms with E-state index < -0.39 is 0 Å². The van der Waals surface area contributed by atoms with Gasteiger partial charge in [-0.3, -0.25) is 14.5 Å². The number of benzene rings is 1. The molecule has 1 saturated carbocycles. The Hall–Kier alpha value is -1.88. The lowest BCUT2D eigenvalue weighted by Crippen LogP contribution is -2.44. The van der Waals surface area contributed by atoms with Gasteiger partial charge < -0.3 is 9.80 Å². The van der Waals surface area contributed by atoms with Gasteiger partial charge in [0.25, 0.3) is 0 Å². The summed E-state index contributed by atoms with van der Waals surface area (Å²) in [5.74, 6) is 1.19. The summed E-state index contributed by atoms with van der Waals surface area (Å²) in [6.07, 6.45) is 8.96. The Bertz CT molecular complexity index is 687. The van der Waals surface area contributed by atoms with E-state index in [0.717, 1.165) is 52.0 Å². The molecule has 0 spiro atoms. The van der Waals surface area contributed by atoms with Crippen molar-refractivity contribution in [2.45, 2.75) is 64.0 Å². The van der Waals surface area contributed by atoms with Crippen LogP contribution in [0.5, 0.6) is 0 Å². The fraction of sp³-hybridized carbons (Fsp3) is 0.667. The Kier molecular flexibility index (Phi) is 6.86. The number of nitrogens with zero attached hydrogens (tertiary/aromatic N) is 3. The SMILES string of the molecule is O=C(CC1CCCCC1)N1CCCN([C@@H]2CCN(Cc3ccccc3)C2=O)CC1. The van der Waals surface area contributed by atoms with Crippen molar-refractivity contribution < 1.29 is 9.59 Å². The molecule has 0 unspecified atom stereocenters. The van der Waals surface area contributed by atoms with Crippen LogP contribution in [0.1, 0.15) is 56.9 Å². The molecule has 1 aromatic rings. The molecule has 3 aliphatic rings. The maximum absolute atomic E-state index is 13.0. The molecule has 2 saturated heterocycles. The summed E-state index contributed by atoms with van der Waals surface area (Å²) in [6, 6.07) is 10.2. The molecule has 3 fully saturated rings. The van der Waals surface area contributed by atoms with E-state index in [-0.39, 0.29) is 11.9 Å². The van der Waals surface area contributed by atoms with Crippen LogP contribution in [0.4, 0.5) is 0 Å². The van der Waals surface area contributed by atoms with E-state index in [2.05, 4.69) is 21.9 Å². The molecule has 5 nitrogen and oxygen atoms in total. The van der Waals surface area contributed by atoms with Gasteiger partial charge >= 0.3 is 0 Å². The molecule has 5 heteroatoms. The molecular weight excluding hydrogens is 362 g/mol. The summed E-state index contributed by atoms with van der Waals surface area (Å²) in [7, 11) is 0. The first-order valence-electron chi connectivity index (χ1n) is 11.6. The highest BCUT2D eigenvalue weighted by Gasteiger charge is 2.36. The second kappa shape index (κ2) is 9.75. The van der Waals surface area contributed by atoms with Gasteiger partial charge in [0, 0.05) is 45.7 Å². The van der Waals surface area contributed by atoms with Crippen LogP contribution in [-0.4, -0.2) is 65.3 Å². The van der Waals surface area contributed by atoms with Crippen LogP contribution in [0.25, 0.3) is 0 Å². The number of amides is 2. The summed E-state index contributed by atoms with van der Waals surface area (Å²) in [5, 5.41) is 0. The average molecular weight is 398 g/mol. The van der Waals surface area contributed by atoms with Crippen molar-refractivity contribution in [3.8, 4) is 0 Å². The van der Waals surface area contributed by atoms with Crippen molar-refractivity contribution >= 4 is 11.8 Å². The van der Waals surface area contributed by atoms with Crippen LogP contribution in [0.2, 0.25) is 0 Å². The average Bonchev–Trinajstić information content (AvgIpc) is 2.95. The number of hydrogen-bond donors (Lipinski definition) is 0. The Morgan fingerprint density at radius 3 is 2.45 bits per heavy atom. The number of carbonyl (C=O) groups excluding carboxylic acids is 2. The van der Waals surface area contributed by atoms with Gasteiger partial charge in [0.05, 0.1) is 6.04 Å². The molecule has 2 heterocycles. The standard InChI is InChI=1S/C24H35N3O2/c28-23(18-20-8-3-1-4-9-20)26-14-7-13-25(16-17-26)22-12-15-27(24(22)29)19-21-10-5-2-6-11-21/h2,5-6,10-11,20,22H,1,3-4,7-9,12-19H2/t22-/m1/s1. The molecule has 2 aliphatic heterocycles. The number of rotatable bonds is 5. The van der Waals surface area contributed by atoms with Crippen LogP contribution in [0.15, 0.2) is 30.3 Å². The minimum absolute atomic E-state index is 0.00731. The maximum Gasteiger partial charge on any atom is 0.240 e. The zero-order valence-electron chi connectivity index (χ0n) is 17.6. The molecule has 0 radical (unpaired) electrons. The third-order valence-corrected chi connectivity index (χ3v) is 7.00. The van der Waals surface area contributed by atoms with Gasteiger partial charge in [0.15, 0.2) is 0 Å². The van der Waals surface area contributed by atoms with E-state index in [0.29, 0.717) is 18.4 Å². The zero-order valence-corrected chi connectivity index (χ0v) is 17.6. The number of carbonyl (C=O) groups is 2. The first-order chi connectivity index (χ1) is 14.2. The van der Waals surface area contributed by atoms with E-state index in [9.17, 15) is 9.59 Å². The highest BCUT2D eigenvalue weighted by molar-refractivity contribution is 5.84. The number of likely N-dealkylation sites (tertiary alicyclic amines) is 1. The lowest BCUT2D eigenvalue weighted by molar-refractivity contribution is -0.132. The van der Waals surface area contributed by atoms with Crippen molar-refractivity contribution in [1.29, 1.82) is 0 Å². The summed E-state index contributed by atoms with van der Waals surface area (Å²) >= 11 is 0. The molecule has 1 aliphatic carbocycles. The lowest BCUT2D eigenvalue weighted by Gasteiger charge is -2.28. The number of hydrogen-bond acceptors (Lipinski definition) is 3. The van der Waals surface area contributed by atoms with Crippen molar-refractivity contribution in [2.75, 3.05) is 32.7 Å². The second-order valence-electron chi connectivity index (χ2n) is 9.03. The van der Waals surface area contributed by atoms with Gasteiger partial charge in [-0.15, -0.1) is 0 Å². The van der Waals surface area contributed by atoms with E-state index in [1.165, 1.54) is 37.7 Å². The third kappa shape index (κ3) is 5.19. The summed E-state index contributed by atoms with van der Waals surface area (Å²) in [4.78, 5) is 32.2. The Morgan fingerprint density at radius 2 is 1.66 bits per heavy atom. The van der Waals surface area contributed by atoms with Crippen molar-refractivity contribution in [3.63, 3.8) is 0 Å². The predicted molar refractivity (Wildman–Crippen MR) is 114 cm³/mol. The maximum atomic E-state index is 13.0. The van der Waals surface area contributed by atoms with Gasteiger partial charge in [-0.05, 0) is 37.2 Å². The van der Waals surface area contributed by atoms with Gasteiger partial charge in [-0.1, -0.05) is 49.6 Å². The van der Waals surface area contributed by atoms with Crippen LogP contribution in [0, 0.1) is 5.92 Å². The van der Waals surface area contributed by atoms with E-state index in [1.807, 2.05) is 23.1 Å². The van der Waals surface area contributed by atoms with Crippen molar-refractivity contribution in [2.24, 2.45) is 5.92 Å². The summed E-state index contributed by atoms with van der Waals surface area (Å²) < 4.78 is 0. The zero-order chi connectivity index (χ0) is 20.1. The molecule has 4 rings (SSSR count). The Labute approximate surface area is 175 Å². The molecule has 0 N–H and O–H groups in total. The molecule has 2 amide bonds. The minimum atomic E-state index is -0.00731.